The Bertz CT molecular complexity index is 600. The second-order valence-corrected chi connectivity index (χ2v) is 8.00. The third-order valence-electron chi connectivity index (χ3n) is 4.81. The van der Waals surface area contributed by atoms with E-state index in [1.807, 2.05) is 0 Å². The molecule has 1 saturated heterocycles. The van der Waals surface area contributed by atoms with Gasteiger partial charge in [0.2, 0.25) is 10.0 Å². The van der Waals surface area contributed by atoms with Crippen LogP contribution < -0.4 is 0 Å². The van der Waals surface area contributed by atoms with Gasteiger partial charge in [0.05, 0.1) is 6.26 Å². The molecule has 4 nitrogen and oxygen atoms in total. The molecule has 0 bridgehead atoms. The average Bonchev–Trinajstić information content (AvgIpc) is 2.45. The monoisotopic (exact) mass is 294 g/mol. The summed E-state index contributed by atoms with van der Waals surface area (Å²) in [6.45, 7) is 2.08. The van der Waals surface area contributed by atoms with Crippen molar-refractivity contribution >= 4 is 10.0 Å². The summed E-state index contributed by atoms with van der Waals surface area (Å²) < 4.78 is 25.1. The molecule has 0 radical (unpaired) electrons. The molecule has 0 aromatic heterocycles. The van der Waals surface area contributed by atoms with E-state index >= 15 is 0 Å². The van der Waals surface area contributed by atoms with E-state index in [0.717, 1.165) is 32.4 Å². The molecule has 3 rings (SSSR count). The SMILES string of the molecule is CN([C@H]1CCN2CCc3ccccc3[C@H]2C1)S(C)(=O)=O. The molecule has 20 heavy (non-hydrogen) atoms. The van der Waals surface area contributed by atoms with Gasteiger partial charge >= 0.3 is 0 Å². The van der Waals surface area contributed by atoms with Crippen LogP contribution in [0.5, 0.6) is 0 Å². The highest BCUT2D eigenvalue weighted by atomic mass is 32.2. The number of rotatable bonds is 2. The number of piperidine rings is 1. The smallest absolute Gasteiger partial charge is 0.211 e. The first-order valence-corrected chi connectivity index (χ1v) is 9.06. The van der Waals surface area contributed by atoms with Crippen LogP contribution in [0.2, 0.25) is 0 Å². The van der Waals surface area contributed by atoms with E-state index in [2.05, 4.69) is 29.2 Å². The van der Waals surface area contributed by atoms with Crippen molar-refractivity contribution in [1.29, 1.82) is 0 Å². The molecule has 1 fully saturated rings. The molecule has 1 aromatic carbocycles. The number of nitrogens with zero attached hydrogens (tertiary/aromatic N) is 2. The fourth-order valence-corrected chi connectivity index (χ4v) is 4.27. The summed E-state index contributed by atoms with van der Waals surface area (Å²) in [5.74, 6) is 0. The van der Waals surface area contributed by atoms with Crippen LogP contribution in [0, 0.1) is 0 Å². The minimum Gasteiger partial charge on any atom is -0.296 e. The fourth-order valence-electron chi connectivity index (χ4n) is 3.54. The maximum Gasteiger partial charge on any atom is 0.211 e. The summed E-state index contributed by atoms with van der Waals surface area (Å²) >= 11 is 0. The first-order chi connectivity index (χ1) is 9.47. The lowest BCUT2D eigenvalue weighted by molar-refractivity contribution is 0.0971. The van der Waals surface area contributed by atoms with Gasteiger partial charge in [-0.1, -0.05) is 24.3 Å². The summed E-state index contributed by atoms with van der Waals surface area (Å²) in [5, 5.41) is 0. The molecule has 0 spiro atoms. The zero-order valence-electron chi connectivity index (χ0n) is 12.1. The molecule has 2 atom stereocenters. The van der Waals surface area contributed by atoms with Gasteiger partial charge in [-0.2, -0.15) is 0 Å². The van der Waals surface area contributed by atoms with Gasteiger partial charge in [-0.15, -0.1) is 0 Å². The molecule has 0 saturated carbocycles. The van der Waals surface area contributed by atoms with Crippen LogP contribution in [0.4, 0.5) is 0 Å². The van der Waals surface area contributed by atoms with Gasteiger partial charge in [0.25, 0.3) is 0 Å². The Morgan fingerprint density at radius 3 is 2.75 bits per heavy atom. The number of hydrogen-bond acceptors (Lipinski definition) is 3. The molecule has 0 amide bonds. The Kier molecular flexibility index (Phi) is 3.60. The van der Waals surface area contributed by atoms with Crippen molar-refractivity contribution in [3.05, 3.63) is 35.4 Å². The molecular weight excluding hydrogens is 272 g/mol. The Morgan fingerprint density at radius 1 is 1.25 bits per heavy atom. The van der Waals surface area contributed by atoms with E-state index in [1.54, 1.807) is 11.4 Å². The molecule has 5 heteroatoms. The molecule has 1 aromatic rings. The first-order valence-electron chi connectivity index (χ1n) is 7.21. The van der Waals surface area contributed by atoms with Crippen LogP contribution in [-0.4, -0.2) is 50.1 Å². The van der Waals surface area contributed by atoms with Gasteiger partial charge < -0.3 is 0 Å². The van der Waals surface area contributed by atoms with E-state index < -0.39 is 10.0 Å². The van der Waals surface area contributed by atoms with Crippen molar-refractivity contribution in [1.82, 2.24) is 9.21 Å². The second-order valence-electron chi connectivity index (χ2n) is 5.96. The third-order valence-corrected chi connectivity index (χ3v) is 6.15. The van der Waals surface area contributed by atoms with Crippen LogP contribution in [0.3, 0.4) is 0 Å². The normalized spacial score (nSPS) is 27.1. The lowest BCUT2D eigenvalue weighted by atomic mass is 9.85. The first kappa shape index (κ1) is 14.0. The van der Waals surface area contributed by atoms with E-state index in [4.69, 9.17) is 0 Å². The van der Waals surface area contributed by atoms with Gasteiger partial charge in [-0.25, -0.2) is 12.7 Å². The molecule has 2 aliphatic heterocycles. The van der Waals surface area contributed by atoms with Crippen molar-refractivity contribution in [2.24, 2.45) is 0 Å². The van der Waals surface area contributed by atoms with Crippen molar-refractivity contribution in [3.8, 4) is 0 Å². The van der Waals surface area contributed by atoms with Crippen LogP contribution in [-0.2, 0) is 16.4 Å². The molecular formula is C15H22N2O2S. The predicted molar refractivity (Wildman–Crippen MR) is 80.1 cm³/mol. The fraction of sp³-hybridized carbons (Fsp3) is 0.600. The Balaban J connectivity index is 1.86. The summed E-state index contributed by atoms with van der Waals surface area (Å²) in [6, 6.07) is 9.09. The molecule has 2 heterocycles. The highest BCUT2D eigenvalue weighted by Crippen LogP contribution is 2.37. The van der Waals surface area contributed by atoms with E-state index in [1.165, 1.54) is 17.4 Å². The summed E-state index contributed by atoms with van der Waals surface area (Å²) in [4.78, 5) is 2.51. The van der Waals surface area contributed by atoms with Crippen LogP contribution in [0.15, 0.2) is 24.3 Å². The van der Waals surface area contributed by atoms with Crippen molar-refractivity contribution < 1.29 is 8.42 Å². The van der Waals surface area contributed by atoms with Gasteiger partial charge in [0.15, 0.2) is 0 Å². The minimum absolute atomic E-state index is 0.123. The van der Waals surface area contributed by atoms with E-state index in [0.29, 0.717) is 6.04 Å². The second kappa shape index (κ2) is 5.13. The standard InChI is InChI=1S/C15H22N2O2S/c1-16(20(2,18)19)13-8-10-17-9-7-12-5-3-4-6-14(12)15(17)11-13/h3-6,13,15H,7-11H2,1-2H3/t13-,15+/m0/s1. The van der Waals surface area contributed by atoms with Gasteiger partial charge in [0.1, 0.15) is 0 Å². The van der Waals surface area contributed by atoms with Crippen LogP contribution in [0.1, 0.15) is 30.0 Å². The third kappa shape index (κ3) is 2.50. The Hall–Kier alpha value is -0.910. The molecule has 0 N–H and O–H groups in total. The maximum atomic E-state index is 11.7. The van der Waals surface area contributed by atoms with Gasteiger partial charge in [-0.05, 0) is 30.4 Å². The minimum atomic E-state index is -3.10. The van der Waals surface area contributed by atoms with Crippen LogP contribution >= 0.6 is 0 Å². The van der Waals surface area contributed by atoms with Crippen molar-refractivity contribution in [3.63, 3.8) is 0 Å². The molecule has 2 aliphatic rings. The molecule has 0 aliphatic carbocycles. The Labute approximate surface area is 121 Å². The predicted octanol–water partition coefficient (Wildman–Crippen LogP) is 1.64. The Morgan fingerprint density at radius 2 is 2.00 bits per heavy atom. The highest BCUT2D eigenvalue weighted by molar-refractivity contribution is 7.88. The largest absolute Gasteiger partial charge is 0.296 e. The van der Waals surface area contributed by atoms with Crippen molar-refractivity contribution in [2.75, 3.05) is 26.4 Å². The highest BCUT2D eigenvalue weighted by Gasteiger charge is 2.36. The van der Waals surface area contributed by atoms with E-state index in [9.17, 15) is 8.42 Å². The number of sulfonamides is 1. The lowest BCUT2D eigenvalue weighted by Crippen LogP contribution is -2.48. The summed E-state index contributed by atoms with van der Waals surface area (Å²) in [6.07, 6.45) is 4.25. The number of fused-ring (bicyclic) bond motifs is 3. The van der Waals surface area contributed by atoms with Gasteiger partial charge in [0, 0.05) is 32.2 Å². The zero-order valence-corrected chi connectivity index (χ0v) is 12.9. The zero-order chi connectivity index (χ0) is 14.3. The summed E-state index contributed by atoms with van der Waals surface area (Å²) in [5.41, 5.74) is 2.82. The molecule has 110 valence electrons. The van der Waals surface area contributed by atoms with Gasteiger partial charge in [-0.3, -0.25) is 4.90 Å². The topological polar surface area (TPSA) is 40.6 Å². The summed E-state index contributed by atoms with van der Waals surface area (Å²) in [7, 11) is -1.39. The van der Waals surface area contributed by atoms with E-state index in [-0.39, 0.29) is 6.04 Å². The average molecular weight is 294 g/mol. The number of hydrogen-bond donors (Lipinski definition) is 0. The van der Waals surface area contributed by atoms with Crippen molar-refractivity contribution in [2.45, 2.75) is 31.3 Å². The molecule has 0 unspecified atom stereocenters. The quantitative estimate of drug-likeness (QED) is 0.832. The van der Waals surface area contributed by atoms with Crippen LogP contribution in [0.25, 0.3) is 0 Å². The number of benzene rings is 1. The lowest BCUT2D eigenvalue weighted by Gasteiger charge is -2.45. The maximum absolute atomic E-state index is 11.7.